The van der Waals surface area contributed by atoms with Gasteiger partial charge in [-0.3, -0.25) is 0 Å². The second-order valence-electron chi connectivity index (χ2n) is 9.13. The fraction of sp³-hybridized carbons (Fsp3) is 0.310. The van der Waals surface area contributed by atoms with Gasteiger partial charge in [0.05, 0.1) is 21.6 Å². The molecule has 3 aromatic carbocycles. The van der Waals surface area contributed by atoms with Gasteiger partial charge >= 0.3 is 5.97 Å². The molecule has 1 saturated heterocycles. The van der Waals surface area contributed by atoms with E-state index in [1.807, 2.05) is 84.9 Å². The number of hydrogen-bond donors (Lipinski definition) is 1. The van der Waals surface area contributed by atoms with E-state index in [9.17, 15) is 9.32 Å². The molecule has 6 nitrogen and oxygen atoms in total. The number of benzene rings is 3. The van der Waals surface area contributed by atoms with Crippen molar-refractivity contribution >= 4 is 21.5 Å². The molecule has 37 heavy (non-hydrogen) atoms. The van der Waals surface area contributed by atoms with Crippen molar-refractivity contribution in [2.45, 2.75) is 40.0 Å². The molecule has 5 unspecified atom stereocenters. The van der Waals surface area contributed by atoms with Gasteiger partial charge < -0.3 is 19.3 Å². The molecule has 0 saturated carbocycles. The largest absolute Gasteiger partial charge is 0.384 e. The summed E-state index contributed by atoms with van der Waals surface area (Å²) >= 11 is 1.51. The predicted molar refractivity (Wildman–Crippen MR) is 146 cm³/mol. The van der Waals surface area contributed by atoms with E-state index in [-0.39, 0.29) is 17.6 Å². The molecule has 3 aromatic rings. The minimum Gasteiger partial charge on any atom is -0.384 e. The van der Waals surface area contributed by atoms with Gasteiger partial charge in [-0.2, -0.15) is 0 Å². The zero-order chi connectivity index (χ0) is 25.9. The molecule has 2 aliphatic rings. The zero-order valence-corrected chi connectivity index (χ0v) is 22.5. The fourth-order valence-electron chi connectivity index (χ4n) is 4.91. The van der Waals surface area contributed by atoms with E-state index in [2.05, 4.69) is 4.36 Å². The molecule has 8 heteroatoms. The van der Waals surface area contributed by atoms with Crippen LogP contribution in [-0.4, -0.2) is 52.8 Å². The minimum atomic E-state index is -2.93. The lowest BCUT2D eigenvalue weighted by Crippen LogP contribution is -2.46. The van der Waals surface area contributed by atoms with Crippen molar-refractivity contribution in [1.29, 1.82) is 0 Å². The first-order valence-corrected chi connectivity index (χ1v) is 14.8. The summed E-state index contributed by atoms with van der Waals surface area (Å²) in [5.41, 5.74) is -0.0795. The lowest BCUT2D eigenvalue weighted by Gasteiger charge is -2.34. The summed E-state index contributed by atoms with van der Waals surface area (Å²) < 4.78 is 37.1. The maximum absolute atomic E-state index is 14.2. The highest BCUT2D eigenvalue weighted by Crippen LogP contribution is 2.48. The minimum absolute atomic E-state index is 0.0654. The highest BCUT2D eigenvalue weighted by Gasteiger charge is 2.56. The van der Waals surface area contributed by atoms with E-state index in [1.165, 1.54) is 11.8 Å². The van der Waals surface area contributed by atoms with Crippen LogP contribution in [0.15, 0.2) is 117 Å². The van der Waals surface area contributed by atoms with Crippen molar-refractivity contribution in [3.63, 3.8) is 0 Å². The van der Waals surface area contributed by atoms with Crippen LogP contribution >= 0.6 is 11.8 Å². The summed E-state index contributed by atoms with van der Waals surface area (Å²) in [6, 6.07) is 28.5. The first-order valence-electron chi connectivity index (χ1n) is 12.2. The van der Waals surface area contributed by atoms with Crippen molar-refractivity contribution in [3.8, 4) is 0 Å². The second-order valence-corrected chi connectivity index (χ2v) is 12.6. The average Bonchev–Trinajstić information content (AvgIpc) is 3.52. The van der Waals surface area contributed by atoms with Crippen LogP contribution < -0.4 is 0 Å². The Morgan fingerprint density at radius 1 is 1.03 bits per heavy atom. The Hall–Kier alpha value is -2.46. The molecule has 1 fully saturated rings. The van der Waals surface area contributed by atoms with Crippen LogP contribution in [0.2, 0.25) is 0 Å². The number of methoxy groups -OCH3 is 1. The summed E-state index contributed by atoms with van der Waals surface area (Å²) in [7, 11) is 0.170. The summed E-state index contributed by atoms with van der Waals surface area (Å²) in [5, 5.41) is 12.4. The molecule has 0 spiro atoms. The third kappa shape index (κ3) is 5.14. The molecule has 1 heterocycles. The van der Waals surface area contributed by atoms with Crippen LogP contribution in [0.3, 0.4) is 0 Å². The Kier molecular flexibility index (Phi) is 7.58. The van der Waals surface area contributed by atoms with Gasteiger partial charge in [0.1, 0.15) is 11.7 Å². The van der Waals surface area contributed by atoms with Gasteiger partial charge in [0.2, 0.25) is 0 Å². The molecule has 0 radical (unpaired) electrons. The number of aliphatic hydroxyl groups is 1. The van der Waals surface area contributed by atoms with Crippen LogP contribution in [0.4, 0.5) is 0 Å². The Bertz CT molecular complexity index is 1360. The summed E-state index contributed by atoms with van der Waals surface area (Å²) in [4.78, 5) is 1.60. The molecular formula is C29H31NO5S2. The number of ether oxygens (including phenoxy) is 3. The number of nitrogens with zero attached hydrogens (tertiary/aromatic N) is 1. The van der Waals surface area contributed by atoms with Gasteiger partial charge in [0, 0.05) is 35.3 Å². The summed E-state index contributed by atoms with van der Waals surface area (Å²) in [5.74, 6) is -1.16. The normalized spacial score (nSPS) is 26.1. The Labute approximate surface area is 222 Å². The average molecular weight is 538 g/mol. The van der Waals surface area contributed by atoms with E-state index in [4.69, 9.17) is 14.2 Å². The SMILES string of the molecule is CN=S(=O)(CC(O)(CSc1ccccc1)C1=CCC2OC(OC)(c3ccccc3)OC12)c1ccccc1. The lowest BCUT2D eigenvalue weighted by atomic mass is 9.94. The molecule has 1 aliphatic carbocycles. The standard InChI is InChI=1S/C29H31NO5S2/c1-30-37(32,24-16-10-5-11-17-24)21-28(31,20-36-23-14-8-4-9-15-23)25-18-19-26-27(25)35-29(33-2,34-26)22-12-6-3-7-13-22/h3-18,26-27,31H,19-21H2,1-2H3. The smallest absolute Gasteiger partial charge is 0.312 e. The molecule has 194 valence electrons. The number of rotatable bonds is 9. The third-order valence-corrected chi connectivity index (χ3v) is 10.5. The van der Waals surface area contributed by atoms with Crippen LogP contribution in [0.5, 0.6) is 0 Å². The van der Waals surface area contributed by atoms with E-state index >= 15 is 0 Å². The number of fused-ring (bicyclic) bond motifs is 1. The first-order chi connectivity index (χ1) is 17.9. The Morgan fingerprint density at radius 2 is 1.65 bits per heavy atom. The molecule has 1 aliphatic heterocycles. The molecule has 0 bridgehead atoms. The third-order valence-electron chi connectivity index (χ3n) is 6.80. The Balaban J connectivity index is 1.50. The maximum Gasteiger partial charge on any atom is 0.312 e. The highest BCUT2D eigenvalue weighted by molar-refractivity contribution is 7.99. The van der Waals surface area contributed by atoms with E-state index in [0.717, 1.165) is 10.5 Å². The fourth-order valence-corrected chi connectivity index (χ4v) is 8.07. The molecule has 0 amide bonds. The molecule has 0 aromatic heterocycles. The Morgan fingerprint density at radius 3 is 2.27 bits per heavy atom. The van der Waals surface area contributed by atoms with Crippen molar-refractivity contribution < 1.29 is 23.5 Å². The van der Waals surface area contributed by atoms with Gasteiger partial charge in [-0.25, -0.2) is 8.57 Å². The summed E-state index contributed by atoms with van der Waals surface area (Å²) in [6.45, 7) is 0. The number of thioether (sulfide) groups is 1. The quantitative estimate of drug-likeness (QED) is 0.297. The number of hydrogen-bond acceptors (Lipinski definition) is 7. The van der Waals surface area contributed by atoms with E-state index in [1.54, 1.807) is 26.3 Å². The van der Waals surface area contributed by atoms with Crippen LogP contribution in [0, 0.1) is 0 Å². The molecular weight excluding hydrogens is 506 g/mol. The predicted octanol–water partition coefficient (Wildman–Crippen LogP) is 5.24. The monoisotopic (exact) mass is 537 g/mol. The zero-order valence-electron chi connectivity index (χ0n) is 20.9. The van der Waals surface area contributed by atoms with Gasteiger partial charge in [-0.1, -0.05) is 72.8 Å². The van der Waals surface area contributed by atoms with Gasteiger partial charge in [0.25, 0.3) is 0 Å². The van der Waals surface area contributed by atoms with Crippen LogP contribution in [-0.2, 0) is 29.9 Å². The van der Waals surface area contributed by atoms with Crippen LogP contribution in [0.25, 0.3) is 0 Å². The van der Waals surface area contributed by atoms with Crippen molar-refractivity contribution in [2.24, 2.45) is 4.36 Å². The van der Waals surface area contributed by atoms with Gasteiger partial charge in [0.15, 0.2) is 0 Å². The molecule has 1 N–H and O–H groups in total. The highest BCUT2D eigenvalue weighted by atomic mass is 32.2. The topological polar surface area (TPSA) is 77.4 Å². The van der Waals surface area contributed by atoms with E-state index < -0.39 is 27.4 Å². The van der Waals surface area contributed by atoms with Crippen molar-refractivity contribution in [2.75, 3.05) is 25.7 Å². The second kappa shape index (κ2) is 10.7. The first kappa shape index (κ1) is 26.2. The lowest BCUT2D eigenvalue weighted by molar-refractivity contribution is -0.342. The maximum atomic E-state index is 14.2. The van der Waals surface area contributed by atoms with Crippen LogP contribution in [0.1, 0.15) is 12.0 Å². The van der Waals surface area contributed by atoms with Crippen molar-refractivity contribution in [1.82, 2.24) is 0 Å². The molecule has 5 atom stereocenters. The van der Waals surface area contributed by atoms with Gasteiger partial charge in [-0.15, -0.1) is 11.8 Å². The van der Waals surface area contributed by atoms with E-state index in [0.29, 0.717) is 16.9 Å². The summed E-state index contributed by atoms with van der Waals surface area (Å²) in [6.07, 6.45) is 1.62. The molecule has 5 rings (SSSR count). The van der Waals surface area contributed by atoms with Gasteiger partial charge in [-0.05, 0) is 36.3 Å². The van der Waals surface area contributed by atoms with Crippen molar-refractivity contribution in [3.05, 3.63) is 108 Å².